The molecular formula is C15H20N4O. The van der Waals surface area contributed by atoms with Crippen molar-refractivity contribution in [2.75, 3.05) is 19.6 Å². The van der Waals surface area contributed by atoms with Crippen LogP contribution in [0.1, 0.15) is 19.8 Å². The lowest BCUT2D eigenvalue weighted by Crippen LogP contribution is -2.27. The van der Waals surface area contributed by atoms with E-state index in [2.05, 4.69) is 21.8 Å². The van der Waals surface area contributed by atoms with Crippen molar-refractivity contribution in [3.05, 3.63) is 35.0 Å². The second kappa shape index (κ2) is 5.71. The summed E-state index contributed by atoms with van der Waals surface area (Å²) in [4.78, 5) is 23.3. The van der Waals surface area contributed by atoms with Gasteiger partial charge in [0.1, 0.15) is 0 Å². The lowest BCUT2D eigenvalue weighted by Gasteiger charge is -2.15. The molecule has 2 aromatic rings. The van der Waals surface area contributed by atoms with Crippen LogP contribution in [-0.4, -0.2) is 39.1 Å². The van der Waals surface area contributed by atoms with Crippen molar-refractivity contribution in [1.82, 2.24) is 19.4 Å². The summed E-state index contributed by atoms with van der Waals surface area (Å²) in [5.41, 5.74) is 1.12. The number of fused-ring (bicyclic) bond motifs is 1. The van der Waals surface area contributed by atoms with Gasteiger partial charge in [0.05, 0.1) is 11.8 Å². The molecule has 3 heterocycles. The first-order valence-corrected chi connectivity index (χ1v) is 7.30. The molecule has 0 unspecified atom stereocenters. The van der Waals surface area contributed by atoms with E-state index in [1.165, 1.54) is 6.42 Å². The quantitative estimate of drug-likeness (QED) is 0.847. The van der Waals surface area contributed by atoms with E-state index >= 15 is 0 Å². The van der Waals surface area contributed by atoms with Crippen LogP contribution in [0.2, 0.25) is 0 Å². The predicted molar refractivity (Wildman–Crippen MR) is 78.6 cm³/mol. The zero-order chi connectivity index (χ0) is 13.9. The number of hydrogen-bond donors (Lipinski definition) is 0. The fourth-order valence-corrected chi connectivity index (χ4v) is 2.98. The lowest BCUT2D eigenvalue weighted by atomic mass is 10.1. The molecule has 0 bridgehead atoms. The van der Waals surface area contributed by atoms with E-state index in [0.29, 0.717) is 17.0 Å². The van der Waals surface area contributed by atoms with Gasteiger partial charge in [0.15, 0.2) is 5.52 Å². The Morgan fingerprint density at radius 1 is 1.40 bits per heavy atom. The first-order valence-electron chi connectivity index (χ1n) is 7.30. The first-order chi connectivity index (χ1) is 9.78. The Hall–Kier alpha value is -1.75. The molecule has 0 saturated carbocycles. The summed E-state index contributed by atoms with van der Waals surface area (Å²) < 4.78 is 1.72. The molecule has 1 fully saturated rings. The maximum atomic E-state index is 12.4. The molecule has 0 radical (unpaired) electrons. The number of aromatic nitrogens is 3. The van der Waals surface area contributed by atoms with Crippen LogP contribution >= 0.6 is 0 Å². The summed E-state index contributed by atoms with van der Waals surface area (Å²) >= 11 is 0. The van der Waals surface area contributed by atoms with E-state index in [4.69, 9.17) is 0 Å². The van der Waals surface area contributed by atoms with Gasteiger partial charge in [-0.15, -0.1) is 0 Å². The summed E-state index contributed by atoms with van der Waals surface area (Å²) in [6.45, 7) is 6.34. The van der Waals surface area contributed by atoms with Crippen molar-refractivity contribution >= 4 is 11.0 Å². The Bertz CT molecular complexity index is 652. The predicted octanol–water partition coefficient (Wildman–Crippen LogP) is 1.52. The fraction of sp³-hybridized carbons (Fsp3) is 0.533. The lowest BCUT2D eigenvalue weighted by molar-refractivity contribution is 0.316. The smallest absolute Gasteiger partial charge is 0.279 e. The maximum Gasteiger partial charge on any atom is 0.279 e. The van der Waals surface area contributed by atoms with Crippen LogP contribution in [0, 0.1) is 5.92 Å². The largest absolute Gasteiger partial charge is 0.303 e. The van der Waals surface area contributed by atoms with Gasteiger partial charge in [-0.05, 0) is 44.0 Å². The van der Waals surface area contributed by atoms with E-state index in [1.807, 2.05) is 6.07 Å². The molecule has 0 spiro atoms. The third kappa shape index (κ3) is 2.58. The number of nitrogens with zero attached hydrogens (tertiary/aromatic N) is 4. The molecule has 1 saturated heterocycles. The molecule has 5 nitrogen and oxygen atoms in total. The molecule has 0 aromatic carbocycles. The Morgan fingerprint density at radius 2 is 2.30 bits per heavy atom. The molecule has 20 heavy (non-hydrogen) atoms. The minimum Gasteiger partial charge on any atom is -0.303 e. The van der Waals surface area contributed by atoms with Gasteiger partial charge in [0.25, 0.3) is 5.56 Å². The maximum absolute atomic E-state index is 12.4. The highest BCUT2D eigenvalue weighted by Gasteiger charge is 2.22. The monoisotopic (exact) mass is 272 g/mol. The van der Waals surface area contributed by atoms with Crippen LogP contribution in [0.5, 0.6) is 0 Å². The molecule has 0 amide bonds. The second-order valence-electron chi connectivity index (χ2n) is 5.53. The molecule has 0 N–H and O–H groups in total. The summed E-state index contributed by atoms with van der Waals surface area (Å²) in [5, 5.41) is 0. The second-order valence-corrected chi connectivity index (χ2v) is 5.53. The van der Waals surface area contributed by atoms with Gasteiger partial charge in [-0.2, -0.15) is 0 Å². The van der Waals surface area contributed by atoms with Crippen molar-refractivity contribution in [2.24, 2.45) is 5.92 Å². The number of rotatable bonds is 4. The van der Waals surface area contributed by atoms with E-state index in [0.717, 1.165) is 32.6 Å². The standard InChI is InChI=1S/C15H20N4O/c1-2-7-18-8-5-12(9-18)10-19-11-17-13-4-3-6-16-14(13)15(19)20/h3-4,6,11-12H,2,5,7-10H2,1H3/t12-/m0/s1. The van der Waals surface area contributed by atoms with Crippen LogP contribution < -0.4 is 5.56 Å². The van der Waals surface area contributed by atoms with Crippen LogP contribution in [0.25, 0.3) is 11.0 Å². The van der Waals surface area contributed by atoms with Gasteiger partial charge in [-0.3, -0.25) is 9.36 Å². The van der Waals surface area contributed by atoms with Crippen LogP contribution in [-0.2, 0) is 6.54 Å². The van der Waals surface area contributed by atoms with Gasteiger partial charge in [-0.25, -0.2) is 9.97 Å². The Morgan fingerprint density at radius 3 is 3.15 bits per heavy atom. The normalized spacial score (nSPS) is 19.8. The minimum atomic E-state index is -0.0236. The first kappa shape index (κ1) is 13.2. The molecule has 2 aromatic heterocycles. The molecule has 5 heteroatoms. The van der Waals surface area contributed by atoms with E-state index < -0.39 is 0 Å². The summed E-state index contributed by atoms with van der Waals surface area (Å²) in [6.07, 6.45) is 5.66. The Kier molecular flexibility index (Phi) is 3.78. The van der Waals surface area contributed by atoms with Crippen LogP contribution in [0.4, 0.5) is 0 Å². The van der Waals surface area contributed by atoms with E-state index in [9.17, 15) is 4.79 Å². The average molecular weight is 272 g/mol. The molecule has 1 aliphatic heterocycles. The summed E-state index contributed by atoms with van der Waals surface area (Å²) in [6, 6.07) is 3.63. The zero-order valence-electron chi connectivity index (χ0n) is 11.8. The minimum absolute atomic E-state index is 0.0236. The van der Waals surface area contributed by atoms with Crippen molar-refractivity contribution in [1.29, 1.82) is 0 Å². The highest BCUT2D eigenvalue weighted by Crippen LogP contribution is 2.17. The molecular weight excluding hydrogens is 252 g/mol. The van der Waals surface area contributed by atoms with Crippen molar-refractivity contribution in [2.45, 2.75) is 26.3 Å². The van der Waals surface area contributed by atoms with E-state index in [-0.39, 0.29) is 5.56 Å². The number of pyridine rings is 1. The fourth-order valence-electron chi connectivity index (χ4n) is 2.98. The Balaban J connectivity index is 1.78. The van der Waals surface area contributed by atoms with Gasteiger partial charge < -0.3 is 4.90 Å². The van der Waals surface area contributed by atoms with Crippen LogP contribution in [0.3, 0.4) is 0 Å². The number of likely N-dealkylation sites (tertiary alicyclic amines) is 1. The average Bonchev–Trinajstić information content (AvgIpc) is 2.90. The topological polar surface area (TPSA) is 51.0 Å². The van der Waals surface area contributed by atoms with Gasteiger partial charge in [0, 0.05) is 19.3 Å². The zero-order valence-corrected chi connectivity index (χ0v) is 11.8. The van der Waals surface area contributed by atoms with Crippen molar-refractivity contribution in [3.63, 3.8) is 0 Å². The van der Waals surface area contributed by atoms with Gasteiger partial charge >= 0.3 is 0 Å². The molecule has 1 atom stereocenters. The summed E-state index contributed by atoms with van der Waals surface area (Å²) in [7, 11) is 0. The highest BCUT2D eigenvalue weighted by molar-refractivity contribution is 5.71. The summed E-state index contributed by atoms with van der Waals surface area (Å²) in [5.74, 6) is 0.544. The van der Waals surface area contributed by atoms with E-state index in [1.54, 1.807) is 23.2 Å². The molecule has 106 valence electrons. The van der Waals surface area contributed by atoms with Crippen molar-refractivity contribution < 1.29 is 0 Å². The molecule has 3 rings (SSSR count). The Labute approximate surface area is 118 Å². The van der Waals surface area contributed by atoms with Gasteiger partial charge in [0.2, 0.25) is 0 Å². The SMILES string of the molecule is CCCN1CC[C@H](Cn2cnc3cccnc3c2=O)C1. The molecule has 0 aliphatic carbocycles. The van der Waals surface area contributed by atoms with Crippen LogP contribution in [0.15, 0.2) is 29.5 Å². The van der Waals surface area contributed by atoms with Crippen molar-refractivity contribution in [3.8, 4) is 0 Å². The number of hydrogen-bond acceptors (Lipinski definition) is 4. The van der Waals surface area contributed by atoms with Gasteiger partial charge in [-0.1, -0.05) is 6.92 Å². The highest BCUT2D eigenvalue weighted by atomic mass is 16.1. The third-order valence-electron chi connectivity index (χ3n) is 3.95. The third-order valence-corrected chi connectivity index (χ3v) is 3.95. The molecule has 1 aliphatic rings.